The fraction of sp³-hybridized carbons (Fsp3) is 0.750. The number of rotatable bonds is 9. The van der Waals surface area contributed by atoms with Crippen LogP contribution in [0.4, 0.5) is 0 Å². The fourth-order valence-corrected chi connectivity index (χ4v) is 7.05. The van der Waals surface area contributed by atoms with Crippen molar-refractivity contribution in [3.05, 3.63) is 17.8 Å². The molecule has 0 unspecified atom stereocenters. The second-order valence-corrected chi connectivity index (χ2v) is 12.4. The summed E-state index contributed by atoms with van der Waals surface area (Å²) in [5, 5.41) is 14.3. The monoisotopic (exact) mass is 497 g/mol. The zero-order valence-electron chi connectivity index (χ0n) is 22.3. The SMILES string of the molecule is CC(C)Oc1c(C(=O)NC2C3CC4CC(C3)CC2C4)cnn1C=CC(C)(C)C(=O)NC[C@H]1CCCN1. The van der Waals surface area contributed by atoms with Crippen molar-refractivity contribution in [3.8, 4) is 5.88 Å². The minimum absolute atomic E-state index is 0.0363. The standard InChI is InChI=1S/C28H43N5O3/c1-17(2)36-26-23(25(34)32-24-20-11-18-10-19(13-20)14-21(24)12-18)16-31-33(26)9-7-28(3,4)27(35)30-15-22-6-5-8-29-22/h7,9,16-22,24,29H,5-6,8,10-15H2,1-4H3,(H,30,35)(H,32,34)/t18?,19?,20?,21?,22-,24?/m1/s1. The zero-order valence-corrected chi connectivity index (χ0v) is 22.3. The van der Waals surface area contributed by atoms with Gasteiger partial charge in [-0.2, -0.15) is 5.10 Å². The third-order valence-electron chi connectivity index (χ3n) is 8.76. The summed E-state index contributed by atoms with van der Waals surface area (Å²) in [6.07, 6.45) is 13.7. The van der Waals surface area contributed by atoms with Crippen LogP contribution in [0.2, 0.25) is 0 Å². The Morgan fingerprint density at radius 2 is 1.89 bits per heavy atom. The van der Waals surface area contributed by atoms with E-state index in [1.807, 2.05) is 33.8 Å². The van der Waals surface area contributed by atoms with Crippen LogP contribution in [0, 0.1) is 29.1 Å². The summed E-state index contributed by atoms with van der Waals surface area (Å²) in [7, 11) is 0. The van der Waals surface area contributed by atoms with Crippen molar-refractivity contribution in [2.45, 2.75) is 90.8 Å². The van der Waals surface area contributed by atoms with Gasteiger partial charge in [0.25, 0.3) is 5.91 Å². The van der Waals surface area contributed by atoms with E-state index in [4.69, 9.17) is 4.74 Å². The highest BCUT2D eigenvalue weighted by Crippen LogP contribution is 2.53. The van der Waals surface area contributed by atoms with Crippen molar-refractivity contribution in [2.24, 2.45) is 29.1 Å². The average molecular weight is 498 g/mol. The molecule has 4 aliphatic carbocycles. The number of ether oxygens (including phenoxy) is 1. The predicted octanol–water partition coefficient (Wildman–Crippen LogP) is 3.59. The molecule has 0 spiro atoms. The van der Waals surface area contributed by atoms with E-state index in [1.54, 1.807) is 17.1 Å². The third kappa shape index (κ3) is 5.34. The van der Waals surface area contributed by atoms with Gasteiger partial charge in [0, 0.05) is 24.8 Å². The van der Waals surface area contributed by atoms with E-state index in [9.17, 15) is 9.59 Å². The van der Waals surface area contributed by atoms with Gasteiger partial charge in [0.2, 0.25) is 11.8 Å². The quantitative estimate of drug-likeness (QED) is 0.484. The molecule has 2 heterocycles. The molecular weight excluding hydrogens is 454 g/mol. The minimum atomic E-state index is -0.734. The highest BCUT2D eigenvalue weighted by molar-refractivity contribution is 5.96. The summed E-state index contributed by atoms with van der Waals surface area (Å²) in [4.78, 5) is 26.3. The van der Waals surface area contributed by atoms with Crippen LogP contribution in [-0.2, 0) is 4.79 Å². The lowest BCUT2D eigenvalue weighted by Gasteiger charge is -2.54. The Hall–Kier alpha value is -2.35. The summed E-state index contributed by atoms with van der Waals surface area (Å²) in [6, 6.07) is 0.606. The van der Waals surface area contributed by atoms with E-state index in [-0.39, 0.29) is 24.0 Å². The first-order valence-corrected chi connectivity index (χ1v) is 14.0. The molecule has 0 radical (unpaired) electrons. The van der Waals surface area contributed by atoms with Crippen LogP contribution in [0.25, 0.3) is 6.20 Å². The topological polar surface area (TPSA) is 97.3 Å². The Bertz CT molecular complexity index is 963. The highest BCUT2D eigenvalue weighted by Gasteiger charge is 2.48. The lowest BCUT2D eigenvalue weighted by Crippen LogP contribution is -2.55. The molecule has 3 N–H and O–H groups in total. The molecule has 198 valence electrons. The zero-order chi connectivity index (χ0) is 25.4. The Balaban J connectivity index is 1.27. The van der Waals surface area contributed by atoms with Crippen LogP contribution < -0.4 is 20.7 Å². The van der Waals surface area contributed by atoms with E-state index < -0.39 is 5.41 Å². The Morgan fingerprint density at radius 3 is 2.50 bits per heavy atom. The maximum Gasteiger partial charge on any atom is 0.258 e. The normalized spacial score (nSPS) is 31.4. The Morgan fingerprint density at radius 1 is 1.19 bits per heavy atom. The van der Waals surface area contributed by atoms with Crippen molar-refractivity contribution < 1.29 is 14.3 Å². The minimum Gasteiger partial charge on any atom is -0.474 e. The third-order valence-corrected chi connectivity index (χ3v) is 8.76. The van der Waals surface area contributed by atoms with Gasteiger partial charge in [-0.1, -0.05) is 6.08 Å². The van der Waals surface area contributed by atoms with Crippen LogP contribution in [-0.4, -0.2) is 52.9 Å². The van der Waals surface area contributed by atoms with Crippen LogP contribution >= 0.6 is 0 Å². The molecule has 1 atom stereocenters. The van der Waals surface area contributed by atoms with Crippen LogP contribution in [0.1, 0.15) is 83.0 Å². The van der Waals surface area contributed by atoms with Gasteiger partial charge < -0.3 is 20.7 Å². The Kier molecular flexibility index (Phi) is 7.16. The number of aromatic nitrogens is 2. The molecular formula is C28H43N5O3. The predicted molar refractivity (Wildman–Crippen MR) is 139 cm³/mol. The van der Waals surface area contributed by atoms with E-state index in [2.05, 4.69) is 21.0 Å². The molecule has 0 aromatic carbocycles. The van der Waals surface area contributed by atoms with Crippen LogP contribution in [0.15, 0.2) is 12.3 Å². The fourth-order valence-electron chi connectivity index (χ4n) is 7.05. The van der Waals surface area contributed by atoms with Crippen molar-refractivity contribution in [1.29, 1.82) is 0 Å². The second-order valence-electron chi connectivity index (χ2n) is 12.4. The molecule has 8 heteroatoms. The van der Waals surface area contributed by atoms with Gasteiger partial charge in [0.1, 0.15) is 5.56 Å². The second kappa shape index (κ2) is 10.2. The molecule has 1 aromatic heterocycles. The summed E-state index contributed by atoms with van der Waals surface area (Å²) in [6.45, 7) is 9.29. The molecule has 6 rings (SSSR count). The van der Waals surface area contributed by atoms with Gasteiger partial charge in [0.15, 0.2) is 0 Å². The maximum absolute atomic E-state index is 13.4. The van der Waals surface area contributed by atoms with Gasteiger partial charge in [-0.05, 0) is 103 Å². The van der Waals surface area contributed by atoms with Gasteiger partial charge in [-0.25, -0.2) is 4.68 Å². The van der Waals surface area contributed by atoms with Crippen molar-refractivity contribution in [1.82, 2.24) is 25.7 Å². The molecule has 36 heavy (non-hydrogen) atoms. The molecule has 1 aliphatic heterocycles. The molecule has 1 saturated heterocycles. The number of nitrogens with zero attached hydrogens (tertiary/aromatic N) is 2. The summed E-state index contributed by atoms with van der Waals surface area (Å²) < 4.78 is 7.65. The number of carbonyl (C=O) groups excluding carboxylic acids is 2. The highest BCUT2D eigenvalue weighted by atomic mass is 16.5. The summed E-state index contributed by atoms with van der Waals surface area (Å²) in [5.41, 5.74) is -0.278. The number of hydrogen-bond acceptors (Lipinski definition) is 5. The van der Waals surface area contributed by atoms with Gasteiger partial charge in [-0.3, -0.25) is 9.59 Å². The largest absolute Gasteiger partial charge is 0.474 e. The molecule has 2 amide bonds. The van der Waals surface area contributed by atoms with Gasteiger partial charge in [0.05, 0.1) is 17.7 Å². The number of carbonyl (C=O) groups is 2. The molecule has 4 bridgehead atoms. The molecule has 4 saturated carbocycles. The smallest absolute Gasteiger partial charge is 0.258 e. The summed E-state index contributed by atoms with van der Waals surface area (Å²) >= 11 is 0. The van der Waals surface area contributed by atoms with E-state index in [0.29, 0.717) is 35.9 Å². The number of hydrogen-bond donors (Lipinski definition) is 3. The molecule has 1 aromatic rings. The Labute approximate surface area is 215 Å². The summed E-state index contributed by atoms with van der Waals surface area (Å²) in [5.74, 6) is 3.22. The van der Waals surface area contributed by atoms with E-state index >= 15 is 0 Å². The average Bonchev–Trinajstić information content (AvgIpc) is 3.47. The van der Waals surface area contributed by atoms with Crippen molar-refractivity contribution in [3.63, 3.8) is 0 Å². The van der Waals surface area contributed by atoms with Crippen LogP contribution in [0.3, 0.4) is 0 Å². The first-order chi connectivity index (χ1) is 17.2. The van der Waals surface area contributed by atoms with Gasteiger partial charge in [-0.15, -0.1) is 0 Å². The van der Waals surface area contributed by atoms with Crippen LogP contribution in [0.5, 0.6) is 5.88 Å². The molecule has 5 fully saturated rings. The maximum atomic E-state index is 13.4. The first-order valence-electron chi connectivity index (χ1n) is 14.0. The van der Waals surface area contributed by atoms with E-state index in [1.165, 1.54) is 32.1 Å². The number of amides is 2. The molecule has 8 nitrogen and oxygen atoms in total. The molecule has 5 aliphatic rings. The lowest BCUT2D eigenvalue weighted by molar-refractivity contribution is -0.127. The lowest BCUT2D eigenvalue weighted by atomic mass is 9.54. The van der Waals surface area contributed by atoms with Crippen molar-refractivity contribution >= 4 is 18.0 Å². The van der Waals surface area contributed by atoms with Crippen molar-refractivity contribution in [2.75, 3.05) is 13.1 Å². The first kappa shape index (κ1) is 25.3. The van der Waals surface area contributed by atoms with Gasteiger partial charge >= 0.3 is 0 Å². The number of nitrogens with one attached hydrogen (secondary N) is 3. The van der Waals surface area contributed by atoms with E-state index in [0.717, 1.165) is 31.2 Å².